The molecular formula is C38H39N3O7S2. The van der Waals surface area contributed by atoms with Crippen molar-refractivity contribution in [3.8, 4) is 11.5 Å². The number of hydrogen-bond donors (Lipinski definition) is 3. The van der Waals surface area contributed by atoms with Gasteiger partial charge in [0.2, 0.25) is 5.91 Å². The number of thioether (sulfide) groups is 1. The van der Waals surface area contributed by atoms with E-state index in [1.807, 2.05) is 13.0 Å². The van der Waals surface area contributed by atoms with Gasteiger partial charge in [-0.05, 0) is 92.3 Å². The van der Waals surface area contributed by atoms with Gasteiger partial charge in [-0.25, -0.2) is 4.79 Å². The zero-order valence-corrected chi connectivity index (χ0v) is 29.9. The first-order valence-corrected chi connectivity index (χ1v) is 17.9. The molecule has 1 atom stereocenters. The standard InChI is InChI=1S/C38H39N3O7S2/c1-5-31(36(44)41-37-33(38(45)48-4)28-16-9-10-17-32(28)50-37)49-27-15-11-14-25(22-27)39-35(43)29(40-34(42)23-12-7-6-8-13-23)21-24-20-26(46-2)18-19-30(24)47-3/h6-8,11-15,18-22,31H,5,9-10,16-17H2,1-4H3,(H,39,43)(H,40,42)(H,41,44)/b29-21+. The molecule has 3 amide bonds. The average Bonchev–Trinajstić information content (AvgIpc) is 3.51. The third kappa shape index (κ3) is 8.74. The lowest BCUT2D eigenvalue weighted by Gasteiger charge is -2.16. The topological polar surface area (TPSA) is 132 Å². The second-order valence-electron chi connectivity index (χ2n) is 11.4. The summed E-state index contributed by atoms with van der Waals surface area (Å²) in [6.45, 7) is 1.92. The normalized spacial score (nSPS) is 13.0. The van der Waals surface area contributed by atoms with Crippen LogP contribution in [0.1, 0.15) is 62.9 Å². The maximum atomic E-state index is 13.8. The minimum absolute atomic E-state index is 0.0191. The monoisotopic (exact) mass is 713 g/mol. The molecule has 3 N–H and O–H groups in total. The molecule has 0 radical (unpaired) electrons. The number of methoxy groups -OCH3 is 3. The van der Waals surface area contributed by atoms with E-state index in [1.165, 1.54) is 50.5 Å². The molecule has 4 aromatic rings. The first-order valence-electron chi connectivity index (χ1n) is 16.2. The number of aryl methyl sites for hydroxylation is 1. The second-order valence-corrected chi connectivity index (χ2v) is 13.8. The van der Waals surface area contributed by atoms with Gasteiger partial charge in [0.15, 0.2) is 0 Å². The van der Waals surface area contributed by atoms with Crippen LogP contribution in [0, 0.1) is 0 Å². The van der Waals surface area contributed by atoms with Crippen molar-refractivity contribution in [1.82, 2.24) is 5.32 Å². The Balaban J connectivity index is 1.35. The zero-order valence-electron chi connectivity index (χ0n) is 28.3. The van der Waals surface area contributed by atoms with Gasteiger partial charge in [0.25, 0.3) is 11.8 Å². The molecule has 1 aliphatic rings. The van der Waals surface area contributed by atoms with Crippen LogP contribution in [0.3, 0.4) is 0 Å². The lowest BCUT2D eigenvalue weighted by Crippen LogP contribution is -2.30. The van der Waals surface area contributed by atoms with E-state index < -0.39 is 23.0 Å². The zero-order chi connectivity index (χ0) is 35.6. The highest BCUT2D eigenvalue weighted by Crippen LogP contribution is 2.39. The van der Waals surface area contributed by atoms with Crippen molar-refractivity contribution < 1.29 is 33.4 Å². The summed E-state index contributed by atoms with van der Waals surface area (Å²) in [6, 6.07) is 20.9. The summed E-state index contributed by atoms with van der Waals surface area (Å²) >= 11 is 2.80. The number of carbonyl (C=O) groups excluding carboxylic acids is 4. The third-order valence-electron chi connectivity index (χ3n) is 8.10. The molecule has 3 aromatic carbocycles. The van der Waals surface area contributed by atoms with Crippen LogP contribution in [0.5, 0.6) is 11.5 Å². The summed E-state index contributed by atoms with van der Waals surface area (Å²) in [7, 11) is 4.40. The van der Waals surface area contributed by atoms with Crippen LogP contribution < -0.4 is 25.4 Å². The average molecular weight is 714 g/mol. The van der Waals surface area contributed by atoms with Crippen molar-refractivity contribution in [3.05, 3.63) is 106 Å². The molecular weight excluding hydrogens is 675 g/mol. The van der Waals surface area contributed by atoms with Gasteiger partial charge in [0, 0.05) is 26.6 Å². The highest BCUT2D eigenvalue weighted by Gasteiger charge is 2.29. The van der Waals surface area contributed by atoms with Crippen molar-refractivity contribution in [3.63, 3.8) is 0 Å². The number of thiophene rings is 1. The number of nitrogens with one attached hydrogen (secondary N) is 3. The van der Waals surface area contributed by atoms with E-state index in [0.717, 1.165) is 41.0 Å². The Kier molecular flexibility index (Phi) is 12.3. The van der Waals surface area contributed by atoms with Gasteiger partial charge in [-0.1, -0.05) is 31.2 Å². The fraction of sp³-hybridized carbons (Fsp3) is 0.263. The van der Waals surface area contributed by atoms with Gasteiger partial charge in [-0.2, -0.15) is 0 Å². The molecule has 12 heteroatoms. The van der Waals surface area contributed by atoms with Gasteiger partial charge in [0.05, 0.1) is 32.1 Å². The molecule has 1 aliphatic carbocycles. The van der Waals surface area contributed by atoms with Crippen LogP contribution in [0.2, 0.25) is 0 Å². The molecule has 0 aliphatic heterocycles. The fourth-order valence-corrected chi connectivity index (χ4v) is 7.84. The van der Waals surface area contributed by atoms with Gasteiger partial charge < -0.3 is 30.2 Å². The fourth-order valence-electron chi connectivity index (χ4n) is 5.55. The number of esters is 1. The van der Waals surface area contributed by atoms with Crippen LogP contribution in [0.25, 0.3) is 6.08 Å². The van der Waals surface area contributed by atoms with Gasteiger partial charge in [-0.3, -0.25) is 14.4 Å². The van der Waals surface area contributed by atoms with E-state index in [-0.39, 0.29) is 11.6 Å². The molecule has 1 aromatic heterocycles. The second kappa shape index (κ2) is 17.0. The molecule has 260 valence electrons. The van der Waals surface area contributed by atoms with E-state index in [4.69, 9.17) is 14.2 Å². The molecule has 10 nitrogen and oxygen atoms in total. The Hall–Kier alpha value is -5.07. The summed E-state index contributed by atoms with van der Waals surface area (Å²) in [5.74, 6) is -0.668. The summed E-state index contributed by atoms with van der Waals surface area (Å²) in [6.07, 6.45) is 5.76. The van der Waals surface area contributed by atoms with Crippen molar-refractivity contribution in [2.45, 2.75) is 49.2 Å². The Morgan fingerprint density at radius 2 is 1.68 bits per heavy atom. The maximum absolute atomic E-state index is 13.8. The van der Waals surface area contributed by atoms with E-state index in [1.54, 1.807) is 66.7 Å². The first-order chi connectivity index (χ1) is 24.2. The molecule has 0 saturated carbocycles. The minimum Gasteiger partial charge on any atom is -0.497 e. The minimum atomic E-state index is -0.567. The number of amides is 3. The van der Waals surface area contributed by atoms with Crippen LogP contribution >= 0.6 is 23.1 Å². The Bertz CT molecular complexity index is 1910. The van der Waals surface area contributed by atoms with Crippen LogP contribution in [-0.2, 0) is 27.2 Å². The molecule has 0 fully saturated rings. The number of ether oxygens (including phenoxy) is 3. The van der Waals surface area contributed by atoms with Crippen molar-refractivity contribution in [1.29, 1.82) is 0 Å². The lowest BCUT2D eigenvalue weighted by molar-refractivity contribution is -0.116. The summed E-state index contributed by atoms with van der Waals surface area (Å²) in [5.41, 5.74) is 2.78. The smallest absolute Gasteiger partial charge is 0.341 e. The first kappa shape index (κ1) is 36.2. The Labute approximate surface area is 299 Å². The van der Waals surface area contributed by atoms with Gasteiger partial charge in [-0.15, -0.1) is 23.1 Å². The Morgan fingerprint density at radius 1 is 0.900 bits per heavy atom. The Morgan fingerprint density at radius 3 is 2.40 bits per heavy atom. The molecule has 0 saturated heterocycles. The van der Waals surface area contributed by atoms with Crippen LogP contribution in [0.15, 0.2) is 83.4 Å². The van der Waals surface area contributed by atoms with Crippen molar-refractivity contribution in [2.24, 2.45) is 0 Å². The number of anilines is 2. The molecule has 1 unspecified atom stereocenters. The number of fused-ring (bicyclic) bond motifs is 1. The van der Waals surface area contributed by atoms with Crippen LogP contribution in [-0.4, -0.2) is 50.3 Å². The van der Waals surface area contributed by atoms with Crippen LogP contribution in [0.4, 0.5) is 10.7 Å². The molecule has 0 spiro atoms. The molecule has 5 rings (SSSR count). The van der Waals surface area contributed by atoms with E-state index in [0.29, 0.717) is 45.3 Å². The highest BCUT2D eigenvalue weighted by molar-refractivity contribution is 8.00. The molecule has 0 bridgehead atoms. The number of benzene rings is 3. The maximum Gasteiger partial charge on any atom is 0.341 e. The number of hydrogen-bond acceptors (Lipinski definition) is 9. The quantitative estimate of drug-likeness (QED) is 0.0745. The van der Waals surface area contributed by atoms with E-state index >= 15 is 0 Å². The van der Waals surface area contributed by atoms with E-state index in [2.05, 4.69) is 16.0 Å². The largest absolute Gasteiger partial charge is 0.497 e. The summed E-state index contributed by atoms with van der Waals surface area (Å²) in [5, 5.41) is 8.68. The molecule has 50 heavy (non-hydrogen) atoms. The van der Waals surface area contributed by atoms with Crippen molar-refractivity contribution >= 4 is 63.6 Å². The summed E-state index contributed by atoms with van der Waals surface area (Å²) in [4.78, 5) is 55.0. The van der Waals surface area contributed by atoms with Gasteiger partial charge in [0.1, 0.15) is 22.2 Å². The molecule has 1 heterocycles. The summed E-state index contributed by atoms with van der Waals surface area (Å²) < 4.78 is 15.9. The lowest BCUT2D eigenvalue weighted by atomic mass is 9.95. The van der Waals surface area contributed by atoms with Gasteiger partial charge >= 0.3 is 5.97 Å². The predicted octanol–water partition coefficient (Wildman–Crippen LogP) is 7.35. The SMILES string of the molecule is CCC(Sc1cccc(NC(=O)/C(=C\c2cc(OC)ccc2OC)NC(=O)c2ccccc2)c1)C(=O)Nc1sc2c(c1C(=O)OC)CCCC2. The van der Waals surface area contributed by atoms with E-state index in [9.17, 15) is 19.2 Å². The highest BCUT2D eigenvalue weighted by atomic mass is 32.2. The number of carbonyl (C=O) groups is 4. The number of rotatable bonds is 13. The predicted molar refractivity (Wildman–Crippen MR) is 197 cm³/mol. The van der Waals surface area contributed by atoms with Crippen molar-refractivity contribution in [2.75, 3.05) is 32.0 Å². The third-order valence-corrected chi connectivity index (χ3v) is 10.7.